The standard InChI is InChI=1S/C28H31FN4O2/c1-35-14-13-33-12-2-3-22(17-33)18-4-6-19(7-5-18)24-16-25(27(30)32-26(24)29)20-8-9-23-21(15-20)10-11-31-28(23)34/h4-9,15-16,22H,2-3,10-14,17H2,1H3,(H2,30,32)(H,31,34). The number of hydrogen-bond acceptors (Lipinski definition) is 5. The van der Waals surface area contributed by atoms with Crippen LogP contribution >= 0.6 is 0 Å². The zero-order chi connectivity index (χ0) is 24.4. The summed E-state index contributed by atoms with van der Waals surface area (Å²) >= 11 is 0. The van der Waals surface area contributed by atoms with Crippen molar-refractivity contribution in [1.29, 1.82) is 0 Å². The van der Waals surface area contributed by atoms with Gasteiger partial charge in [-0.3, -0.25) is 4.79 Å². The number of rotatable bonds is 6. The number of nitrogens with zero attached hydrogens (tertiary/aromatic N) is 2. The monoisotopic (exact) mass is 474 g/mol. The first-order chi connectivity index (χ1) is 17.0. The van der Waals surface area contributed by atoms with Gasteiger partial charge in [-0.25, -0.2) is 4.98 Å². The van der Waals surface area contributed by atoms with Crippen LogP contribution in [0.2, 0.25) is 0 Å². The van der Waals surface area contributed by atoms with E-state index in [4.69, 9.17) is 10.5 Å². The van der Waals surface area contributed by atoms with E-state index in [1.165, 1.54) is 12.0 Å². The lowest BCUT2D eigenvalue weighted by Crippen LogP contribution is -2.36. The summed E-state index contributed by atoms with van der Waals surface area (Å²) < 4.78 is 20.2. The molecule has 0 spiro atoms. The number of hydrogen-bond donors (Lipinski definition) is 2. The molecular weight excluding hydrogens is 443 g/mol. The summed E-state index contributed by atoms with van der Waals surface area (Å²) in [6.07, 6.45) is 3.07. The second-order valence-electron chi connectivity index (χ2n) is 9.39. The molecule has 1 amide bonds. The number of pyridine rings is 1. The summed E-state index contributed by atoms with van der Waals surface area (Å²) in [5.74, 6) is -0.0444. The van der Waals surface area contributed by atoms with E-state index in [-0.39, 0.29) is 11.7 Å². The van der Waals surface area contributed by atoms with E-state index in [0.717, 1.165) is 55.8 Å². The van der Waals surface area contributed by atoms with Crippen molar-refractivity contribution in [3.63, 3.8) is 0 Å². The summed E-state index contributed by atoms with van der Waals surface area (Å²) in [7, 11) is 1.74. The Hall–Kier alpha value is -3.29. The van der Waals surface area contributed by atoms with Gasteiger partial charge in [-0.15, -0.1) is 0 Å². The van der Waals surface area contributed by atoms with E-state index in [2.05, 4.69) is 27.3 Å². The predicted molar refractivity (Wildman–Crippen MR) is 136 cm³/mol. The van der Waals surface area contributed by atoms with Gasteiger partial charge in [0.25, 0.3) is 5.91 Å². The third-order valence-corrected chi connectivity index (χ3v) is 7.16. The molecule has 3 heterocycles. The van der Waals surface area contributed by atoms with Gasteiger partial charge in [-0.1, -0.05) is 36.4 Å². The summed E-state index contributed by atoms with van der Waals surface area (Å²) in [6, 6.07) is 15.5. The van der Waals surface area contributed by atoms with Crippen LogP contribution in [0.25, 0.3) is 22.3 Å². The summed E-state index contributed by atoms with van der Waals surface area (Å²) in [5.41, 5.74) is 11.7. The van der Waals surface area contributed by atoms with Crippen molar-refractivity contribution in [1.82, 2.24) is 15.2 Å². The number of likely N-dealkylation sites (tertiary alicyclic amines) is 1. The zero-order valence-electron chi connectivity index (χ0n) is 20.0. The lowest BCUT2D eigenvalue weighted by Gasteiger charge is -2.32. The topological polar surface area (TPSA) is 80.5 Å². The van der Waals surface area contributed by atoms with Gasteiger partial charge in [0.05, 0.1) is 6.61 Å². The number of benzene rings is 2. The molecule has 3 aromatic rings. The van der Waals surface area contributed by atoms with Crippen LogP contribution in [0.15, 0.2) is 48.5 Å². The Morgan fingerprint density at radius 1 is 1.11 bits per heavy atom. The average Bonchev–Trinajstić information content (AvgIpc) is 2.88. The Labute approximate surface area is 205 Å². The van der Waals surface area contributed by atoms with Crippen molar-refractivity contribution >= 4 is 11.7 Å². The third-order valence-electron chi connectivity index (χ3n) is 7.16. The van der Waals surface area contributed by atoms with Crippen molar-refractivity contribution in [3.8, 4) is 22.3 Å². The number of halogens is 1. The molecule has 3 N–H and O–H groups in total. The molecule has 35 heavy (non-hydrogen) atoms. The maximum Gasteiger partial charge on any atom is 0.251 e. The quantitative estimate of drug-likeness (QED) is 0.522. The highest BCUT2D eigenvalue weighted by Gasteiger charge is 2.22. The van der Waals surface area contributed by atoms with E-state index in [9.17, 15) is 9.18 Å². The molecule has 7 heteroatoms. The van der Waals surface area contributed by atoms with Crippen molar-refractivity contribution in [3.05, 3.63) is 71.2 Å². The number of carbonyl (C=O) groups excluding carboxylic acids is 1. The number of aromatic nitrogens is 1. The normalized spacial score (nSPS) is 18.2. The molecule has 2 aliphatic heterocycles. The third kappa shape index (κ3) is 4.92. The molecule has 1 atom stereocenters. The average molecular weight is 475 g/mol. The number of amides is 1. The van der Waals surface area contributed by atoms with Gasteiger partial charge in [0, 0.05) is 43.4 Å². The minimum Gasteiger partial charge on any atom is -0.383 e. The van der Waals surface area contributed by atoms with Gasteiger partial charge in [0.2, 0.25) is 5.95 Å². The van der Waals surface area contributed by atoms with E-state index in [1.54, 1.807) is 19.2 Å². The second-order valence-corrected chi connectivity index (χ2v) is 9.39. The van der Waals surface area contributed by atoms with Crippen LogP contribution in [0.4, 0.5) is 10.2 Å². The summed E-state index contributed by atoms with van der Waals surface area (Å²) in [4.78, 5) is 18.5. The number of carbonyl (C=O) groups is 1. The zero-order valence-corrected chi connectivity index (χ0v) is 20.0. The Morgan fingerprint density at radius 3 is 2.71 bits per heavy atom. The fourth-order valence-corrected chi connectivity index (χ4v) is 5.22. The Kier molecular flexibility index (Phi) is 6.79. The van der Waals surface area contributed by atoms with Crippen molar-refractivity contribution in [2.75, 3.05) is 45.6 Å². The van der Waals surface area contributed by atoms with Crippen LogP contribution in [0.1, 0.15) is 40.2 Å². The van der Waals surface area contributed by atoms with Crippen molar-refractivity contribution < 1.29 is 13.9 Å². The molecule has 1 fully saturated rings. The van der Waals surface area contributed by atoms with E-state index < -0.39 is 5.95 Å². The highest BCUT2D eigenvalue weighted by atomic mass is 19.1. The smallest absolute Gasteiger partial charge is 0.251 e. The number of anilines is 1. The second kappa shape index (κ2) is 10.1. The van der Waals surface area contributed by atoms with E-state index in [0.29, 0.717) is 29.2 Å². The number of fused-ring (bicyclic) bond motifs is 1. The van der Waals surface area contributed by atoms with Gasteiger partial charge in [-0.2, -0.15) is 4.39 Å². The number of nitrogens with one attached hydrogen (secondary N) is 1. The molecule has 0 bridgehead atoms. The molecule has 6 nitrogen and oxygen atoms in total. The predicted octanol–water partition coefficient (Wildman–Crippen LogP) is 4.25. The maximum absolute atomic E-state index is 14.9. The number of nitrogens with two attached hydrogens (primary N) is 1. The molecule has 1 aromatic heterocycles. The first-order valence-corrected chi connectivity index (χ1v) is 12.2. The minimum atomic E-state index is -0.584. The molecule has 182 valence electrons. The van der Waals surface area contributed by atoms with Crippen LogP contribution in [0.3, 0.4) is 0 Å². The first kappa shape index (κ1) is 23.5. The Balaban J connectivity index is 1.41. The van der Waals surface area contributed by atoms with Crippen LogP contribution in [-0.2, 0) is 11.2 Å². The minimum absolute atomic E-state index is 0.0661. The number of nitrogen functional groups attached to an aromatic ring is 1. The molecule has 1 unspecified atom stereocenters. The molecule has 0 aliphatic carbocycles. The molecule has 2 aliphatic rings. The van der Waals surface area contributed by atoms with Gasteiger partial charge >= 0.3 is 0 Å². The summed E-state index contributed by atoms with van der Waals surface area (Å²) in [5, 5.41) is 2.85. The van der Waals surface area contributed by atoms with Gasteiger partial charge in [0.1, 0.15) is 5.82 Å². The van der Waals surface area contributed by atoms with Gasteiger partial charge < -0.3 is 20.7 Å². The van der Waals surface area contributed by atoms with E-state index in [1.807, 2.05) is 24.3 Å². The molecule has 0 saturated carbocycles. The van der Waals surface area contributed by atoms with Gasteiger partial charge in [-0.05, 0) is 66.1 Å². The van der Waals surface area contributed by atoms with Crippen LogP contribution in [-0.4, -0.2) is 55.7 Å². The van der Waals surface area contributed by atoms with Crippen molar-refractivity contribution in [2.24, 2.45) is 0 Å². The Bertz CT molecular complexity index is 1230. The molecule has 5 rings (SSSR count). The largest absolute Gasteiger partial charge is 0.383 e. The SMILES string of the molecule is COCCN1CCCC(c2ccc(-c3cc(-c4ccc5c(c4)CCNC5=O)c(N)nc3F)cc2)C1. The molecule has 2 aromatic carbocycles. The lowest BCUT2D eigenvalue weighted by molar-refractivity contribution is 0.0946. The lowest BCUT2D eigenvalue weighted by atomic mass is 9.89. The highest BCUT2D eigenvalue weighted by molar-refractivity contribution is 5.97. The highest BCUT2D eigenvalue weighted by Crippen LogP contribution is 2.34. The molecule has 0 radical (unpaired) electrons. The fraction of sp³-hybridized carbons (Fsp3) is 0.357. The number of piperidine rings is 1. The van der Waals surface area contributed by atoms with Crippen LogP contribution in [0.5, 0.6) is 0 Å². The van der Waals surface area contributed by atoms with E-state index >= 15 is 0 Å². The van der Waals surface area contributed by atoms with Crippen LogP contribution < -0.4 is 11.1 Å². The maximum atomic E-state index is 14.9. The van der Waals surface area contributed by atoms with Gasteiger partial charge in [0.15, 0.2) is 0 Å². The molecule has 1 saturated heterocycles. The molecular formula is C28H31FN4O2. The Morgan fingerprint density at radius 2 is 1.91 bits per heavy atom. The fourth-order valence-electron chi connectivity index (χ4n) is 5.22. The summed E-state index contributed by atoms with van der Waals surface area (Å²) in [6.45, 7) is 4.42. The number of methoxy groups -OCH3 is 1. The van der Waals surface area contributed by atoms with Crippen molar-refractivity contribution in [2.45, 2.75) is 25.2 Å². The first-order valence-electron chi connectivity index (χ1n) is 12.2. The number of ether oxygens (including phenoxy) is 1. The van der Waals surface area contributed by atoms with Crippen LogP contribution in [0, 0.1) is 5.95 Å².